The van der Waals surface area contributed by atoms with Crippen LogP contribution in [0.1, 0.15) is 27.9 Å². The van der Waals surface area contributed by atoms with E-state index in [9.17, 15) is 18.4 Å². The van der Waals surface area contributed by atoms with Crippen molar-refractivity contribution in [2.75, 3.05) is 0 Å². The number of carbonyl (C=O) groups is 2. The average molecular weight is 467 g/mol. The third-order valence-electron chi connectivity index (χ3n) is 4.94. The fourth-order valence-corrected chi connectivity index (χ4v) is 4.01. The zero-order valence-corrected chi connectivity index (χ0v) is 18.2. The van der Waals surface area contributed by atoms with Gasteiger partial charge in [0.25, 0.3) is 5.91 Å². The van der Waals surface area contributed by atoms with Gasteiger partial charge in [0.05, 0.1) is 11.0 Å². The zero-order valence-electron chi connectivity index (χ0n) is 17.4. The first-order valence-electron chi connectivity index (χ1n) is 10.2. The second-order valence-electron chi connectivity index (χ2n) is 7.25. The molecule has 168 valence electrons. The Kier molecular flexibility index (Phi) is 6.99. The standard InChI is InChI=1S/C24H20F2N4O2S/c25-18-4-3-5-19(26)17(18)12-13-22(31)29-30-23(32)16-10-8-15(9-11-16)14-33-24-27-20-6-1-2-7-21(20)28-24/h1-11H,12-14H2,(H,27,28)(H,29,31)(H,30,32). The highest BCUT2D eigenvalue weighted by Gasteiger charge is 2.12. The minimum atomic E-state index is -0.703. The van der Waals surface area contributed by atoms with Crippen molar-refractivity contribution in [2.45, 2.75) is 23.8 Å². The summed E-state index contributed by atoms with van der Waals surface area (Å²) in [4.78, 5) is 32.0. The molecule has 0 bridgehead atoms. The minimum Gasteiger partial charge on any atom is -0.333 e. The number of fused-ring (bicyclic) bond motifs is 1. The van der Waals surface area contributed by atoms with E-state index in [0.29, 0.717) is 11.3 Å². The van der Waals surface area contributed by atoms with Gasteiger partial charge in [-0.3, -0.25) is 20.4 Å². The van der Waals surface area contributed by atoms with Crippen LogP contribution in [0, 0.1) is 11.6 Å². The van der Waals surface area contributed by atoms with Crippen LogP contribution in [0.3, 0.4) is 0 Å². The lowest BCUT2D eigenvalue weighted by Crippen LogP contribution is -2.41. The van der Waals surface area contributed by atoms with Gasteiger partial charge in [0.15, 0.2) is 5.16 Å². The molecule has 0 fully saturated rings. The van der Waals surface area contributed by atoms with Gasteiger partial charge in [-0.15, -0.1) is 0 Å². The number of H-pyrrole nitrogens is 1. The van der Waals surface area contributed by atoms with Gasteiger partial charge in [-0.1, -0.05) is 42.1 Å². The average Bonchev–Trinajstić information content (AvgIpc) is 3.24. The van der Waals surface area contributed by atoms with Gasteiger partial charge in [0, 0.05) is 23.3 Å². The number of hydrogen-bond donors (Lipinski definition) is 3. The molecule has 9 heteroatoms. The van der Waals surface area contributed by atoms with Crippen LogP contribution in [0.5, 0.6) is 0 Å². The van der Waals surface area contributed by atoms with E-state index >= 15 is 0 Å². The second kappa shape index (κ2) is 10.3. The summed E-state index contributed by atoms with van der Waals surface area (Å²) in [6.07, 6.45) is -0.284. The molecule has 4 aromatic rings. The highest BCUT2D eigenvalue weighted by molar-refractivity contribution is 7.98. The number of nitrogens with one attached hydrogen (secondary N) is 3. The van der Waals surface area contributed by atoms with Gasteiger partial charge in [-0.2, -0.15) is 0 Å². The lowest BCUT2D eigenvalue weighted by Gasteiger charge is -2.09. The largest absolute Gasteiger partial charge is 0.333 e. The lowest BCUT2D eigenvalue weighted by molar-refractivity contribution is -0.121. The Hall–Kier alpha value is -3.72. The van der Waals surface area contributed by atoms with E-state index in [0.717, 1.165) is 33.9 Å². The van der Waals surface area contributed by atoms with Crippen LogP contribution in [0.15, 0.2) is 71.9 Å². The van der Waals surface area contributed by atoms with Gasteiger partial charge in [0.2, 0.25) is 5.91 Å². The molecule has 1 heterocycles. The number of aromatic nitrogens is 2. The van der Waals surface area contributed by atoms with Crippen molar-refractivity contribution in [3.05, 3.63) is 95.1 Å². The first-order valence-corrected chi connectivity index (χ1v) is 11.2. The molecule has 0 atom stereocenters. The van der Waals surface area contributed by atoms with Crippen LogP contribution in [-0.4, -0.2) is 21.8 Å². The van der Waals surface area contributed by atoms with Gasteiger partial charge in [-0.25, -0.2) is 13.8 Å². The summed E-state index contributed by atoms with van der Waals surface area (Å²) < 4.78 is 27.2. The van der Waals surface area contributed by atoms with Crippen LogP contribution >= 0.6 is 11.8 Å². The molecule has 0 aliphatic rings. The molecule has 0 saturated heterocycles. The molecule has 2 amide bonds. The second-order valence-corrected chi connectivity index (χ2v) is 8.21. The molecule has 4 rings (SSSR count). The molecular formula is C24H20F2N4O2S. The van der Waals surface area contributed by atoms with Crippen LogP contribution in [0.2, 0.25) is 0 Å². The molecule has 0 aliphatic carbocycles. The summed E-state index contributed by atoms with van der Waals surface area (Å²) >= 11 is 1.56. The molecule has 0 spiro atoms. The molecule has 1 aromatic heterocycles. The van der Waals surface area contributed by atoms with Gasteiger partial charge < -0.3 is 4.98 Å². The van der Waals surface area contributed by atoms with Gasteiger partial charge in [-0.05, 0) is 48.4 Å². The Bertz CT molecular complexity index is 1240. The number of aromatic amines is 1. The minimum absolute atomic E-state index is 0.113. The summed E-state index contributed by atoms with van der Waals surface area (Å²) in [7, 11) is 0. The Morgan fingerprint density at radius 3 is 2.36 bits per heavy atom. The first-order chi connectivity index (χ1) is 16.0. The number of amides is 2. The molecule has 33 heavy (non-hydrogen) atoms. The Balaban J connectivity index is 1.24. The van der Waals surface area contributed by atoms with Gasteiger partial charge in [0.1, 0.15) is 11.6 Å². The first kappa shape index (κ1) is 22.5. The number of thioether (sulfide) groups is 1. The maximum absolute atomic E-state index is 13.6. The van der Waals surface area contributed by atoms with E-state index < -0.39 is 23.4 Å². The number of hydrogen-bond acceptors (Lipinski definition) is 4. The molecule has 3 aromatic carbocycles. The molecule has 0 saturated carbocycles. The normalized spacial score (nSPS) is 10.8. The smallest absolute Gasteiger partial charge is 0.269 e. The molecule has 0 radical (unpaired) electrons. The van der Waals surface area contributed by atoms with Crippen LogP contribution in [0.25, 0.3) is 11.0 Å². The number of hydrazine groups is 1. The molecule has 3 N–H and O–H groups in total. The number of imidazole rings is 1. The monoisotopic (exact) mass is 466 g/mol. The van der Waals surface area contributed by atoms with Crippen LogP contribution in [0.4, 0.5) is 8.78 Å². The fraction of sp³-hybridized carbons (Fsp3) is 0.125. The van der Waals surface area contributed by atoms with Crippen molar-refractivity contribution in [1.82, 2.24) is 20.8 Å². The van der Waals surface area contributed by atoms with E-state index in [1.807, 2.05) is 36.4 Å². The Morgan fingerprint density at radius 1 is 0.909 bits per heavy atom. The van der Waals surface area contributed by atoms with Crippen molar-refractivity contribution in [3.63, 3.8) is 0 Å². The van der Waals surface area contributed by atoms with Crippen molar-refractivity contribution in [1.29, 1.82) is 0 Å². The van der Waals surface area contributed by atoms with E-state index in [-0.39, 0.29) is 18.4 Å². The number of halogens is 2. The van der Waals surface area contributed by atoms with Crippen LogP contribution in [-0.2, 0) is 17.0 Å². The van der Waals surface area contributed by atoms with E-state index in [1.54, 1.807) is 23.9 Å². The van der Waals surface area contributed by atoms with Gasteiger partial charge >= 0.3 is 0 Å². The summed E-state index contributed by atoms with van der Waals surface area (Å²) in [5.41, 5.74) is 7.68. The topological polar surface area (TPSA) is 86.9 Å². The number of rotatable bonds is 7. The van der Waals surface area contributed by atoms with E-state index in [1.165, 1.54) is 6.07 Å². The number of nitrogens with zero attached hydrogens (tertiary/aromatic N) is 1. The third-order valence-corrected chi connectivity index (χ3v) is 5.88. The fourth-order valence-electron chi connectivity index (χ4n) is 3.17. The van der Waals surface area contributed by atoms with Crippen molar-refractivity contribution in [3.8, 4) is 0 Å². The van der Waals surface area contributed by atoms with Crippen molar-refractivity contribution < 1.29 is 18.4 Å². The highest BCUT2D eigenvalue weighted by Crippen LogP contribution is 2.23. The molecule has 6 nitrogen and oxygen atoms in total. The predicted molar refractivity (Wildman–Crippen MR) is 122 cm³/mol. The van der Waals surface area contributed by atoms with Crippen LogP contribution < -0.4 is 10.9 Å². The molecule has 0 unspecified atom stereocenters. The number of benzene rings is 3. The lowest BCUT2D eigenvalue weighted by atomic mass is 10.1. The molecular weight excluding hydrogens is 446 g/mol. The summed E-state index contributed by atoms with van der Waals surface area (Å²) in [6.45, 7) is 0. The summed E-state index contributed by atoms with van der Waals surface area (Å²) in [5, 5.41) is 0.816. The summed E-state index contributed by atoms with van der Waals surface area (Å²) in [6, 6.07) is 18.3. The van der Waals surface area contributed by atoms with Crippen molar-refractivity contribution >= 4 is 34.6 Å². The predicted octanol–water partition coefficient (Wildman–Crippen LogP) is 4.53. The number of carbonyl (C=O) groups excluding carboxylic acids is 2. The third kappa shape index (κ3) is 5.75. The zero-order chi connectivity index (χ0) is 23.2. The summed E-state index contributed by atoms with van der Waals surface area (Å²) in [5.74, 6) is -1.77. The number of para-hydroxylation sites is 2. The Morgan fingerprint density at radius 2 is 1.64 bits per heavy atom. The van der Waals surface area contributed by atoms with E-state index in [4.69, 9.17) is 0 Å². The highest BCUT2D eigenvalue weighted by atomic mass is 32.2. The van der Waals surface area contributed by atoms with E-state index in [2.05, 4.69) is 20.8 Å². The van der Waals surface area contributed by atoms with Crippen molar-refractivity contribution in [2.24, 2.45) is 0 Å². The Labute approximate surface area is 192 Å². The maximum atomic E-state index is 13.6. The molecule has 0 aliphatic heterocycles. The maximum Gasteiger partial charge on any atom is 0.269 e. The SMILES string of the molecule is O=C(CCc1c(F)cccc1F)NNC(=O)c1ccc(CSc2nc3ccccc3[nH]2)cc1. The quantitative estimate of drug-likeness (QED) is 0.276.